The van der Waals surface area contributed by atoms with Crippen molar-refractivity contribution in [2.45, 2.75) is 63.9 Å². The number of aryl methyl sites for hydroxylation is 1. The first kappa shape index (κ1) is 10.8. The van der Waals surface area contributed by atoms with Crippen LogP contribution in [-0.2, 0) is 6.42 Å². The minimum atomic E-state index is 0.167. The third-order valence-corrected chi connectivity index (χ3v) is 5.29. The number of nitrogens with zero attached hydrogens (tertiary/aromatic N) is 1. The number of pyridine rings is 1. The van der Waals surface area contributed by atoms with Gasteiger partial charge in [-0.15, -0.1) is 0 Å². The summed E-state index contributed by atoms with van der Waals surface area (Å²) in [5.41, 5.74) is 3.42. The molecule has 1 aromatic rings. The van der Waals surface area contributed by atoms with E-state index < -0.39 is 0 Å². The van der Waals surface area contributed by atoms with E-state index in [0.717, 1.165) is 18.2 Å². The maximum Gasteiger partial charge on any atom is 0.217 e. The van der Waals surface area contributed by atoms with E-state index in [9.17, 15) is 0 Å². The van der Waals surface area contributed by atoms with Crippen LogP contribution in [0.25, 0.3) is 0 Å². The third kappa shape index (κ3) is 1.51. The van der Waals surface area contributed by atoms with Gasteiger partial charge in [-0.25, -0.2) is 4.98 Å². The van der Waals surface area contributed by atoms with Gasteiger partial charge in [0.25, 0.3) is 0 Å². The Kier molecular flexibility index (Phi) is 1.98. The number of hydrogen-bond acceptors (Lipinski definition) is 2. The van der Waals surface area contributed by atoms with Crippen LogP contribution in [0.5, 0.6) is 5.88 Å². The highest BCUT2D eigenvalue weighted by Crippen LogP contribution is 2.59. The molecule has 0 unspecified atom stereocenters. The molecule has 2 heteroatoms. The summed E-state index contributed by atoms with van der Waals surface area (Å²) < 4.78 is 6.15. The molecule has 0 saturated heterocycles. The Labute approximate surface area is 109 Å². The van der Waals surface area contributed by atoms with Crippen molar-refractivity contribution in [1.82, 2.24) is 4.98 Å². The van der Waals surface area contributed by atoms with E-state index in [1.54, 1.807) is 0 Å². The predicted molar refractivity (Wildman–Crippen MR) is 70.9 cm³/mol. The summed E-state index contributed by atoms with van der Waals surface area (Å²) in [6.45, 7) is 4.69. The van der Waals surface area contributed by atoms with Crippen molar-refractivity contribution < 1.29 is 4.74 Å². The predicted octanol–water partition coefficient (Wildman–Crippen LogP) is 3.84. The summed E-state index contributed by atoms with van der Waals surface area (Å²) in [6.07, 6.45) is 9.48. The molecule has 0 radical (unpaired) electrons. The van der Waals surface area contributed by atoms with E-state index >= 15 is 0 Å². The summed E-state index contributed by atoms with van der Waals surface area (Å²) >= 11 is 0. The smallest absolute Gasteiger partial charge is 0.217 e. The Morgan fingerprint density at radius 1 is 1.28 bits per heavy atom. The highest BCUT2D eigenvalue weighted by molar-refractivity contribution is 5.37. The monoisotopic (exact) mass is 243 g/mol. The lowest BCUT2D eigenvalue weighted by atomic mass is 9.75. The largest absolute Gasteiger partial charge is 0.471 e. The van der Waals surface area contributed by atoms with Crippen molar-refractivity contribution in [3.8, 4) is 5.88 Å². The van der Waals surface area contributed by atoms with Crippen LogP contribution in [0.1, 0.15) is 63.0 Å². The SMILES string of the molecule is CC1(C)C[C@H]1c1cnc2c(c1)CCC1(CCC1)O2. The van der Waals surface area contributed by atoms with E-state index in [2.05, 4.69) is 31.1 Å². The van der Waals surface area contributed by atoms with Gasteiger partial charge < -0.3 is 4.74 Å². The van der Waals surface area contributed by atoms with E-state index in [4.69, 9.17) is 4.74 Å². The topological polar surface area (TPSA) is 22.1 Å². The van der Waals surface area contributed by atoms with Gasteiger partial charge >= 0.3 is 0 Å². The molecular weight excluding hydrogens is 222 g/mol. The number of rotatable bonds is 1. The fraction of sp³-hybridized carbons (Fsp3) is 0.688. The van der Waals surface area contributed by atoms with Gasteiger partial charge in [-0.05, 0) is 61.5 Å². The Balaban J connectivity index is 1.62. The first-order valence-electron chi connectivity index (χ1n) is 7.26. The number of aromatic nitrogens is 1. The Morgan fingerprint density at radius 2 is 2.06 bits per heavy atom. The van der Waals surface area contributed by atoms with Gasteiger partial charge in [0.2, 0.25) is 5.88 Å². The lowest BCUT2D eigenvalue weighted by Crippen LogP contribution is -2.46. The minimum absolute atomic E-state index is 0.167. The van der Waals surface area contributed by atoms with Crippen molar-refractivity contribution in [2.24, 2.45) is 5.41 Å². The van der Waals surface area contributed by atoms with Gasteiger partial charge in [0.05, 0.1) is 0 Å². The molecule has 18 heavy (non-hydrogen) atoms. The molecule has 1 spiro atoms. The highest BCUT2D eigenvalue weighted by Gasteiger charge is 2.47. The molecule has 1 atom stereocenters. The van der Waals surface area contributed by atoms with E-state index in [1.165, 1.54) is 43.2 Å². The third-order valence-electron chi connectivity index (χ3n) is 5.29. The molecule has 1 aromatic heterocycles. The zero-order valence-electron chi connectivity index (χ0n) is 11.3. The van der Waals surface area contributed by atoms with Crippen molar-refractivity contribution in [3.05, 3.63) is 23.4 Å². The summed E-state index contributed by atoms with van der Waals surface area (Å²) in [5, 5.41) is 0. The van der Waals surface area contributed by atoms with Crippen LogP contribution < -0.4 is 4.74 Å². The molecule has 3 aliphatic rings. The summed E-state index contributed by atoms with van der Waals surface area (Å²) in [5.74, 6) is 1.64. The fourth-order valence-electron chi connectivity index (χ4n) is 3.56. The molecule has 1 aliphatic heterocycles. The molecule has 4 rings (SSSR count). The Morgan fingerprint density at radius 3 is 2.67 bits per heavy atom. The maximum absolute atomic E-state index is 6.15. The van der Waals surface area contributed by atoms with Crippen LogP contribution >= 0.6 is 0 Å². The first-order valence-corrected chi connectivity index (χ1v) is 7.26. The quantitative estimate of drug-likeness (QED) is 0.747. The second-order valence-corrected chi connectivity index (χ2v) is 7.12. The number of ether oxygens (including phenoxy) is 1. The molecule has 96 valence electrons. The van der Waals surface area contributed by atoms with Crippen LogP contribution in [0.4, 0.5) is 0 Å². The minimum Gasteiger partial charge on any atom is -0.471 e. The van der Waals surface area contributed by atoms with E-state index in [-0.39, 0.29) is 5.60 Å². The van der Waals surface area contributed by atoms with Crippen molar-refractivity contribution >= 4 is 0 Å². The standard InChI is InChI=1S/C16H21NO/c1-15(2)9-13(15)12-8-11-4-7-16(5-3-6-16)18-14(11)17-10-12/h8,10,13H,3-7,9H2,1-2H3/t13-/m0/s1. The molecule has 0 bridgehead atoms. The van der Waals surface area contributed by atoms with Crippen LogP contribution in [0, 0.1) is 5.41 Å². The van der Waals surface area contributed by atoms with Gasteiger partial charge in [0.15, 0.2) is 0 Å². The molecule has 2 aliphatic carbocycles. The molecule has 2 saturated carbocycles. The lowest BCUT2D eigenvalue weighted by Gasteiger charge is -2.44. The molecule has 0 amide bonds. The fourth-order valence-corrected chi connectivity index (χ4v) is 3.56. The highest BCUT2D eigenvalue weighted by atomic mass is 16.5. The molecule has 2 nitrogen and oxygen atoms in total. The van der Waals surface area contributed by atoms with E-state index in [1.807, 2.05) is 0 Å². The summed E-state index contributed by atoms with van der Waals surface area (Å²) in [7, 11) is 0. The molecule has 0 N–H and O–H groups in total. The molecule has 0 aromatic carbocycles. The van der Waals surface area contributed by atoms with Gasteiger partial charge in [0, 0.05) is 11.8 Å². The number of fused-ring (bicyclic) bond motifs is 1. The second kappa shape index (κ2) is 3.28. The van der Waals surface area contributed by atoms with Crippen molar-refractivity contribution in [3.63, 3.8) is 0 Å². The molecule has 2 heterocycles. The summed E-state index contributed by atoms with van der Waals surface area (Å²) in [4.78, 5) is 4.60. The average Bonchev–Trinajstić information content (AvgIpc) is 2.95. The molecule has 2 fully saturated rings. The average molecular weight is 243 g/mol. The van der Waals surface area contributed by atoms with Gasteiger partial charge in [-0.2, -0.15) is 0 Å². The summed E-state index contributed by atoms with van der Waals surface area (Å²) in [6, 6.07) is 2.35. The van der Waals surface area contributed by atoms with Gasteiger partial charge in [-0.1, -0.05) is 13.8 Å². The van der Waals surface area contributed by atoms with Crippen LogP contribution in [0.2, 0.25) is 0 Å². The van der Waals surface area contributed by atoms with Crippen LogP contribution in [-0.4, -0.2) is 10.6 Å². The van der Waals surface area contributed by atoms with Gasteiger partial charge in [-0.3, -0.25) is 0 Å². The lowest BCUT2D eigenvalue weighted by molar-refractivity contribution is -0.0290. The van der Waals surface area contributed by atoms with Crippen molar-refractivity contribution in [2.75, 3.05) is 0 Å². The Bertz CT molecular complexity index is 502. The van der Waals surface area contributed by atoms with Crippen LogP contribution in [0.3, 0.4) is 0 Å². The second-order valence-electron chi connectivity index (χ2n) is 7.12. The normalized spacial score (nSPS) is 30.2. The zero-order chi connectivity index (χ0) is 12.4. The van der Waals surface area contributed by atoms with Gasteiger partial charge in [0.1, 0.15) is 5.60 Å². The van der Waals surface area contributed by atoms with Crippen LogP contribution in [0.15, 0.2) is 12.3 Å². The van der Waals surface area contributed by atoms with E-state index in [0.29, 0.717) is 5.41 Å². The first-order chi connectivity index (χ1) is 8.58. The zero-order valence-corrected chi connectivity index (χ0v) is 11.3. The van der Waals surface area contributed by atoms with Crippen molar-refractivity contribution in [1.29, 1.82) is 0 Å². The number of hydrogen-bond donors (Lipinski definition) is 0. The maximum atomic E-state index is 6.15. The Hall–Kier alpha value is -1.05. The molecular formula is C16H21NO.